The Bertz CT molecular complexity index is 698. The van der Waals surface area contributed by atoms with Crippen LogP contribution in [0.2, 0.25) is 0 Å². The average Bonchev–Trinajstić information content (AvgIpc) is 2.56. The molecular weight excluding hydrogens is 308 g/mol. The van der Waals surface area contributed by atoms with Gasteiger partial charge in [0, 0.05) is 5.69 Å². The van der Waals surface area contributed by atoms with Crippen molar-refractivity contribution < 1.29 is 19.1 Å². The Kier molecular flexibility index (Phi) is 6.33. The molecule has 2 amide bonds. The molecule has 0 aliphatic rings. The van der Waals surface area contributed by atoms with Crippen molar-refractivity contribution in [2.45, 2.75) is 13.0 Å². The largest absolute Gasteiger partial charge is 0.497 e. The molecule has 6 nitrogen and oxygen atoms in total. The fourth-order valence-corrected chi connectivity index (χ4v) is 2.13. The maximum absolute atomic E-state index is 11.9. The third-order valence-electron chi connectivity index (χ3n) is 3.25. The van der Waals surface area contributed by atoms with Gasteiger partial charge in [-0.25, -0.2) is 0 Å². The van der Waals surface area contributed by atoms with E-state index in [0.29, 0.717) is 12.3 Å². The van der Waals surface area contributed by atoms with Crippen LogP contribution < -0.4 is 15.8 Å². The summed E-state index contributed by atoms with van der Waals surface area (Å²) in [6.45, 7) is 0.266. The first-order chi connectivity index (χ1) is 11.6. The van der Waals surface area contributed by atoms with Gasteiger partial charge in [-0.3, -0.25) is 9.59 Å². The molecule has 0 aliphatic carbocycles. The van der Waals surface area contributed by atoms with Crippen LogP contribution in [-0.2, 0) is 27.4 Å². The number of nitrogens with one attached hydrogen (secondary N) is 1. The van der Waals surface area contributed by atoms with E-state index in [2.05, 4.69) is 5.32 Å². The summed E-state index contributed by atoms with van der Waals surface area (Å²) in [7, 11) is 1.60. The number of ether oxygens (including phenoxy) is 2. The molecule has 126 valence electrons. The van der Waals surface area contributed by atoms with Gasteiger partial charge < -0.3 is 20.5 Å². The van der Waals surface area contributed by atoms with Gasteiger partial charge >= 0.3 is 0 Å². The monoisotopic (exact) mass is 328 g/mol. The maximum Gasteiger partial charge on any atom is 0.250 e. The van der Waals surface area contributed by atoms with Gasteiger partial charge in [-0.2, -0.15) is 0 Å². The number of methoxy groups -OCH3 is 1. The molecule has 2 aromatic carbocycles. The van der Waals surface area contributed by atoms with Gasteiger partial charge in [0.25, 0.3) is 0 Å². The number of amides is 2. The lowest BCUT2D eigenvalue weighted by Crippen LogP contribution is -2.18. The Morgan fingerprint density at radius 2 is 1.83 bits per heavy atom. The molecule has 0 spiro atoms. The van der Waals surface area contributed by atoms with E-state index in [9.17, 15) is 9.59 Å². The van der Waals surface area contributed by atoms with E-state index in [1.165, 1.54) is 0 Å². The minimum absolute atomic E-state index is 0.0553. The summed E-state index contributed by atoms with van der Waals surface area (Å²) in [5.74, 6) is 0.106. The lowest BCUT2D eigenvalue weighted by atomic mass is 10.1. The van der Waals surface area contributed by atoms with Gasteiger partial charge in [0.15, 0.2) is 0 Å². The molecule has 0 radical (unpaired) electrons. The van der Waals surface area contributed by atoms with Crippen molar-refractivity contribution in [3.05, 3.63) is 59.7 Å². The molecule has 0 saturated carbocycles. The number of rotatable bonds is 8. The van der Waals surface area contributed by atoms with E-state index in [-0.39, 0.29) is 18.9 Å². The topological polar surface area (TPSA) is 90.7 Å². The third kappa shape index (κ3) is 5.73. The second kappa shape index (κ2) is 8.69. The summed E-state index contributed by atoms with van der Waals surface area (Å²) < 4.78 is 10.5. The van der Waals surface area contributed by atoms with Crippen molar-refractivity contribution in [3.63, 3.8) is 0 Å². The second-order valence-corrected chi connectivity index (χ2v) is 5.23. The third-order valence-corrected chi connectivity index (χ3v) is 3.25. The van der Waals surface area contributed by atoms with Crippen LogP contribution >= 0.6 is 0 Å². The molecule has 6 heteroatoms. The molecule has 0 aromatic heterocycles. The van der Waals surface area contributed by atoms with Crippen molar-refractivity contribution in [2.75, 3.05) is 19.0 Å². The quantitative estimate of drug-likeness (QED) is 0.774. The fraction of sp³-hybridized carbons (Fsp3) is 0.222. The van der Waals surface area contributed by atoms with Crippen LogP contribution in [0.25, 0.3) is 0 Å². The van der Waals surface area contributed by atoms with Crippen molar-refractivity contribution in [1.82, 2.24) is 0 Å². The fourth-order valence-electron chi connectivity index (χ4n) is 2.13. The molecular formula is C18H20N2O4. The summed E-state index contributed by atoms with van der Waals surface area (Å²) in [4.78, 5) is 22.7. The van der Waals surface area contributed by atoms with Gasteiger partial charge in [-0.05, 0) is 35.4 Å². The predicted molar refractivity (Wildman–Crippen MR) is 90.6 cm³/mol. The zero-order valence-corrected chi connectivity index (χ0v) is 13.5. The zero-order chi connectivity index (χ0) is 17.4. The van der Waals surface area contributed by atoms with Crippen LogP contribution in [0.15, 0.2) is 48.5 Å². The highest BCUT2D eigenvalue weighted by Gasteiger charge is 2.04. The first kappa shape index (κ1) is 17.5. The van der Waals surface area contributed by atoms with E-state index < -0.39 is 5.91 Å². The minimum Gasteiger partial charge on any atom is -0.497 e. The minimum atomic E-state index is -0.391. The highest BCUT2D eigenvalue weighted by atomic mass is 16.5. The lowest BCUT2D eigenvalue weighted by molar-refractivity contribution is -0.121. The lowest BCUT2D eigenvalue weighted by Gasteiger charge is -2.08. The number of hydrogen-bond donors (Lipinski definition) is 2. The van der Waals surface area contributed by atoms with Gasteiger partial charge in [-0.15, -0.1) is 0 Å². The zero-order valence-electron chi connectivity index (χ0n) is 13.5. The van der Waals surface area contributed by atoms with E-state index >= 15 is 0 Å². The van der Waals surface area contributed by atoms with Crippen molar-refractivity contribution >= 4 is 17.5 Å². The van der Waals surface area contributed by atoms with E-state index in [4.69, 9.17) is 15.2 Å². The second-order valence-electron chi connectivity index (χ2n) is 5.23. The highest BCUT2D eigenvalue weighted by Crippen LogP contribution is 2.13. The van der Waals surface area contributed by atoms with Crippen LogP contribution in [0.3, 0.4) is 0 Å². The summed E-state index contributed by atoms with van der Waals surface area (Å²) in [6, 6.07) is 14.4. The van der Waals surface area contributed by atoms with E-state index in [0.717, 1.165) is 16.9 Å². The summed E-state index contributed by atoms with van der Waals surface area (Å²) in [5, 5.41) is 2.73. The number of carbonyl (C=O) groups excluding carboxylic acids is 2. The molecule has 0 aliphatic heterocycles. The molecule has 2 rings (SSSR count). The Labute approximate surface area is 140 Å². The van der Waals surface area contributed by atoms with Crippen molar-refractivity contribution in [2.24, 2.45) is 5.73 Å². The first-order valence-electron chi connectivity index (χ1n) is 7.44. The number of hydrogen-bond acceptors (Lipinski definition) is 4. The molecule has 24 heavy (non-hydrogen) atoms. The van der Waals surface area contributed by atoms with Crippen LogP contribution in [0.4, 0.5) is 5.69 Å². The number of nitrogens with two attached hydrogens (primary N) is 1. The number of anilines is 1. The number of benzene rings is 2. The van der Waals surface area contributed by atoms with Crippen LogP contribution in [0, 0.1) is 0 Å². The number of carbonyl (C=O) groups is 2. The molecule has 0 atom stereocenters. The van der Waals surface area contributed by atoms with Crippen LogP contribution in [-0.4, -0.2) is 25.5 Å². The summed E-state index contributed by atoms with van der Waals surface area (Å²) in [6.07, 6.45) is 0.178. The summed E-state index contributed by atoms with van der Waals surface area (Å²) in [5.41, 5.74) is 7.50. The van der Waals surface area contributed by atoms with E-state index in [1.807, 2.05) is 24.3 Å². The highest BCUT2D eigenvalue weighted by molar-refractivity contribution is 5.91. The van der Waals surface area contributed by atoms with Gasteiger partial charge in [0.2, 0.25) is 11.8 Å². The van der Waals surface area contributed by atoms with Gasteiger partial charge in [0.05, 0.1) is 20.1 Å². The van der Waals surface area contributed by atoms with Crippen molar-refractivity contribution in [3.8, 4) is 5.75 Å². The Morgan fingerprint density at radius 3 is 2.50 bits per heavy atom. The van der Waals surface area contributed by atoms with Gasteiger partial charge in [-0.1, -0.05) is 24.3 Å². The molecule has 3 N–H and O–H groups in total. The molecule has 0 heterocycles. The molecule has 0 unspecified atom stereocenters. The normalized spacial score (nSPS) is 10.2. The Hall–Kier alpha value is -2.86. The summed E-state index contributed by atoms with van der Waals surface area (Å²) >= 11 is 0. The van der Waals surface area contributed by atoms with Gasteiger partial charge in [0.1, 0.15) is 12.4 Å². The molecule has 0 saturated heterocycles. The molecule has 0 fully saturated rings. The predicted octanol–water partition coefficient (Wildman–Crippen LogP) is 1.88. The SMILES string of the molecule is COc1cccc(COCC(=O)Nc2ccc(CC(N)=O)cc2)c1. The Balaban J connectivity index is 1.77. The standard InChI is InChI=1S/C18H20N2O4/c1-23-16-4-2-3-14(9-16)11-24-12-18(22)20-15-7-5-13(6-8-15)10-17(19)21/h2-9H,10-12H2,1H3,(H2,19,21)(H,20,22). The van der Waals surface area contributed by atoms with Crippen LogP contribution in [0.5, 0.6) is 5.75 Å². The molecule has 0 bridgehead atoms. The van der Waals surface area contributed by atoms with E-state index in [1.54, 1.807) is 31.4 Å². The average molecular weight is 328 g/mol. The maximum atomic E-state index is 11.9. The number of primary amides is 1. The smallest absolute Gasteiger partial charge is 0.250 e. The first-order valence-corrected chi connectivity index (χ1v) is 7.44. The van der Waals surface area contributed by atoms with Crippen LogP contribution in [0.1, 0.15) is 11.1 Å². The molecule has 2 aromatic rings. The Morgan fingerprint density at radius 1 is 1.08 bits per heavy atom. The van der Waals surface area contributed by atoms with Crippen molar-refractivity contribution in [1.29, 1.82) is 0 Å².